The Balaban J connectivity index is 2.23. The molecule has 0 saturated carbocycles. The van der Waals surface area contributed by atoms with Crippen molar-refractivity contribution in [1.82, 2.24) is 10.6 Å². The van der Waals surface area contributed by atoms with Crippen molar-refractivity contribution >= 4 is 29.1 Å². The smallest absolute Gasteiger partial charge is 0.191 e. The molecule has 1 aromatic rings. The molecule has 0 spiro atoms. The van der Waals surface area contributed by atoms with Gasteiger partial charge in [-0.15, -0.1) is 11.3 Å². The number of rotatable bonds is 8. The molecule has 1 heterocycles. The highest BCUT2D eigenvalue weighted by Gasteiger charge is 1.97. The van der Waals surface area contributed by atoms with Crippen LogP contribution in [0.5, 0.6) is 0 Å². The fraction of sp³-hybridized carbons (Fsp3) is 0.615. The summed E-state index contributed by atoms with van der Waals surface area (Å²) in [6.45, 7) is 4.84. The molecule has 0 saturated heterocycles. The molecular formula is C13H23N3S2. The van der Waals surface area contributed by atoms with Gasteiger partial charge in [-0.1, -0.05) is 6.07 Å². The fourth-order valence-electron chi connectivity index (χ4n) is 1.50. The first kappa shape index (κ1) is 15.4. The monoisotopic (exact) mass is 285 g/mol. The van der Waals surface area contributed by atoms with Gasteiger partial charge in [-0.25, -0.2) is 0 Å². The summed E-state index contributed by atoms with van der Waals surface area (Å²) in [6, 6.07) is 4.27. The number of nitrogens with one attached hydrogen (secondary N) is 2. The zero-order valence-corrected chi connectivity index (χ0v) is 12.9. The van der Waals surface area contributed by atoms with Gasteiger partial charge in [0, 0.05) is 24.5 Å². The van der Waals surface area contributed by atoms with Gasteiger partial charge in [-0.05, 0) is 43.2 Å². The van der Waals surface area contributed by atoms with E-state index < -0.39 is 0 Å². The van der Waals surface area contributed by atoms with E-state index in [2.05, 4.69) is 46.3 Å². The first-order valence-corrected chi connectivity index (χ1v) is 8.67. The molecule has 0 aliphatic carbocycles. The Bertz CT molecular complexity index is 323. The number of guanidine groups is 1. The number of hydrogen-bond donors (Lipinski definition) is 2. The standard InChI is InChI=1S/C13H23N3S2/c1-3-14-13(15-8-5-10-17-2)16-9-7-12-6-4-11-18-12/h4,6,11H,3,5,7-10H2,1-2H3,(H2,14,15,16). The summed E-state index contributed by atoms with van der Waals surface area (Å²) in [5.41, 5.74) is 0. The summed E-state index contributed by atoms with van der Waals surface area (Å²) in [5, 5.41) is 8.77. The highest BCUT2D eigenvalue weighted by Crippen LogP contribution is 2.07. The van der Waals surface area contributed by atoms with Gasteiger partial charge in [0.05, 0.1) is 0 Å². The maximum atomic E-state index is 4.55. The van der Waals surface area contributed by atoms with Crippen molar-refractivity contribution in [3.05, 3.63) is 22.4 Å². The lowest BCUT2D eigenvalue weighted by Gasteiger charge is -2.10. The highest BCUT2D eigenvalue weighted by atomic mass is 32.2. The van der Waals surface area contributed by atoms with Gasteiger partial charge in [0.2, 0.25) is 0 Å². The van der Waals surface area contributed by atoms with Crippen LogP contribution in [0.4, 0.5) is 0 Å². The second kappa shape index (κ2) is 10.3. The van der Waals surface area contributed by atoms with Crippen LogP contribution < -0.4 is 10.6 Å². The third kappa shape index (κ3) is 6.91. The van der Waals surface area contributed by atoms with Crippen LogP contribution in [0.3, 0.4) is 0 Å². The molecule has 18 heavy (non-hydrogen) atoms. The molecule has 3 nitrogen and oxygen atoms in total. The number of aliphatic imine (C=N–C) groups is 1. The van der Waals surface area contributed by atoms with E-state index >= 15 is 0 Å². The van der Waals surface area contributed by atoms with Crippen LogP contribution in [0, 0.1) is 0 Å². The SMILES string of the molecule is CCNC(=NCCCSC)NCCc1cccs1. The number of nitrogens with zero attached hydrogens (tertiary/aromatic N) is 1. The molecule has 0 amide bonds. The minimum Gasteiger partial charge on any atom is -0.357 e. The molecule has 0 aliphatic rings. The van der Waals surface area contributed by atoms with Crippen molar-refractivity contribution in [1.29, 1.82) is 0 Å². The molecule has 0 fully saturated rings. The molecule has 0 aromatic carbocycles. The van der Waals surface area contributed by atoms with Crippen molar-refractivity contribution < 1.29 is 0 Å². The van der Waals surface area contributed by atoms with Crippen LogP contribution in [0.25, 0.3) is 0 Å². The minimum absolute atomic E-state index is 0.898. The van der Waals surface area contributed by atoms with Crippen LogP contribution in [-0.4, -0.2) is 37.6 Å². The lowest BCUT2D eigenvalue weighted by Crippen LogP contribution is -2.38. The number of hydrogen-bond acceptors (Lipinski definition) is 3. The van der Waals surface area contributed by atoms with E-state index in [1.54, 1.807) is 0 Å². The van der Waals surface area contributed by atoms with Gasteiger partial charge in [-0.2, -0.15) is 11.8 Å². The topological polar surface area (TPSA) is 36.4 Å². The van der Waals surface area contributed by atoms with Crippen molar-refractivity contribution in [3.63, 3.8) is 0 Å². The van der Waals surface area contributed by atoms with Gasteiger partial charge >= 0.3 is 0 Å². The largest absolute Gasteiger partial charge is 0.357 e. The Kier molecular flexibility index (Phi) is 8.77. The molecule has 0 aliphatic heterocycles. The van der Waals surface area contributed by atoms with E-state index in [4.69, 9.17) is 0 Å². The van der Waals surface area contributed by atoms with Gasteiger partial charge in [-0.3, -0.25) is 4.99 Å². The summed E-state index contributed by atoms with van der Waals surface area (Å²) in [5.74, 6) is 2.12. The van der Waals surface area contributed by atoms with Crippen LogP contribution in [0.1, 0.15) is 18.2 Å². The number of thiophene rings is 1. The van der Waals surface area contributed by atoms with Gasteiger partial charge < -0.3 is 10.6 Å². The zero-order chi connectivity index (χ0) is 13.1. The van der Waals surface area contributed by atoms with E-state index in [1.807, 2.05) is 23.1 Å². The first-order chi connectivity index (χ1) is 8.86. The maximum absolute atomic E-state index is 4.55. The van der Waals surface area contributed by atoms with Crippen LogP contribution >= 0.6 is 23.1 Å². The Morgan fingerprint density at radius 2 is 2.33 bits per heavy atom. The minimum atomic E-state index is 0.898. The van der Waals surface area contributed by atoms with Crippen LogP contribution in [-0.2, 0) is 6.42 Å². The van der Waals surface area contributed by atoms with Crippen molar-refractivity contribution in [2.45, 2.75) is 19.8 Å². The maximum Gasteiger partial charge on any atom is 0.191 e. The predicted octanol–water partition coefficient (Wildman–Crippen LogP) is 2.60. The molecule has 0 radical (unpaired) electrons. The van der Waals surface area contributed by atoms with Crippen molar-refractivity contribution in [2.24, 2.45) is 4.99 Å². The Hall–Kier alpha value is -0.680. The van der Waals surface area contributed by atoms with E-state index in [0.29, 0.717) is 0 Å². The fourth-order valence-corrected chi connectivity index (χ4v) is 2.63. The highest BCUT2D eigenvalue weighted by molar-refractivity contribution is 7.98. The van der Waals surface area contributed by atoms with Crippen molar-refractivity contribution in [2.75, 3.05) is 31.6 Å². The zero-order valence-electron chi connectivity index (χ0n) is 11.2. The predicted molar refractivity (Wildman–Crippen MR) is 85.0 cm³/mol. The second-order valence-electron chi connectivity index (χ2n) is 3.86. The second-order valence-corrected chi connectivity index (χ2v) is 5.88. The molecule has 0 atom stereocenters. The molecular weight excluding hydrogens is 262 g/mol. The molecule has 2 N–H and O–H groups in total. The first-order valence-electron chi connectivity index (χ1n) is 6.40. The van der Waals surface area contributed by atoms with Gasteiger partial charge in [0.15, 0.2) is 5.96 Å². The van der Waals surface area contributed by atoms with Crippen LogP contribution in [0.15, 0.2) is 22.5 Å². The lowest BCUT2D eigenvalue weighted by atomic mass is 10.3. The van der Waals surface area contributed by atoms with Gasteiger partial charge in [0.25, 0.3) is 0 Å². The Labute approximate surface area is 118 Å². The Morgan fingerprint density at radius 1 is 1.44 bits per heavy atom. The third-order valence-corrected chi connectivity index (χ3v) is 4.00. The quantitative estimate of drug-likeness (QED) is 0.438. The summed E-state index contributed by atoms with van der Waals surface area (Å²) >= 11 is 3.68. The summed E-state index contributed by atoms with van der Waals surface area (Å²) < 4.78 is 0. The van der Waals surface area contributed by atoms with Gasteiger partial charge in [0.1, 0.15) is 0 Å². The molecule has 5 heteroatoms. The molecule has 1 rings (SSSR count). The average molecular weight is 285 g/mol. The Morgan fingerprint density at radius 3 is 3.00 bits per heavy atom. The normalized spacial score (nSPS) is 11.6. The van der Waals surface area contributed by atoms with E-state index in [0.717, 1.165) is 38.4 Å². The third-order valence-electron chi connectivity index (χ3n) is 2.36. The summed E-state index contributed by atoms with van der Waals surface area (Å²) in [7, 11) is 0. The molecule has 1 aromatic heterocycles. The molecule has 0 bridgehead atoms. The van der Waals surface area contributed by atoms with Crippen LogP contribution in [0.2, 0.25) is 0 Å². The molecule has 102 valence electrons. The number of thioether (sulfide) groups is 1. The summed E-state index contributed by atoms with van der Waals surface area (Å²) in [6.07, 6.45) is 4.34. The van der Waals surface area contributed by atoms with E-state index in [-0.39, 0.29) is 0 Å². The van der Waals surface area contributed by atoms with E-state index in [9.17, 15) is 0 Å². The molecule has 0 unspecified atom stereocenters. The van der Waals surface area contributed by atoms with E-state index in [1.165, 1.54) is 10.6 Å². The summed E-state index contributed by atoms with van der Waals surface area (Å²) in [4.78, 5) is 5.97. The lowest BCUT2D eigenvalue weighted by molar-refractivity contribution is 0.799. The van der Waals surface area contributed by atoms with Crippen molar-refractivity contribution in [3.8, 4) is 0 Å². The average Bonchev–Trinajstić information content (AvgIpc) is 2.87.